The van der Waals surface area contributed by atoms with Crippen LogP contribution in [-0.2, 0) is 17.3 Å². The first kappa shape index (κ1) is 14.5. The fraction of sp³-hybridized carbons (Fsp3) is 0.538. The molecule has 0 fully saturated rings. The van der Waals surface area contributed by atoms with Gasteiger partial charge in [0.2, 0.25) is 0 Å². The van der Waals surface area contributed by atoms with Gasteiger partial charge in [0.05, 0.1) is 5.52 Å². The van der Waals surface area contributed by atoms with Crippen molar-refractivity contribution in [3.05, 3.63) is 23.8 Å². The van der Waals surface area contributed by atoms with Gasteiger partial charge in [-0.05, 0) is 17.7 Å². The minimum Gasteiger partial charge on any atom is -0.359 e. The van der Waals surface area contributed by atoms with Crippen LogP contribution in [0.25, 0.3) is 11.0 Å². The largest absolute Gasteiger partial charge is 0.359 e. The maximum Gasteiger partial charge on any atom is 0.141 e. The highest BCUT2D eigenvalue weighted by molar-refractivity contribution is 6.76. The van der Waals surface area contributed by atoms with Crippen molar-refractivity contribution >= 4 is 30.7 Å². The summed E-state index contributed by atoms with van der Waals surface area (Å²) in [6.07, 6.45) is 0. The summed E-state index contributed by atoms with van der Waals surface area (Å²) in [7, 11) is -1.04. The molecule has 0 N–H and O–H groups in total. The first-order chi connectivity index (χ1) is 9.01. The number of benzene rings is 1. The van der Waals surface area contributed by atoms with Crippen LogP contribution in [0.15, 0.2) is 18.2 Å². The molecule has 1 aromatic heterocycles. The molecule has 2 aromatic rings. The zero-order valence-corrected chi connectivity index (χ0v) is 13.4. The van der Waals surface area contributed by atoms with Gasteiger partial charge < -0.3 is 4.74 Å². The van der Waals surface area contributed by atoms with Crippen molar-refractivity contribution in [3.63, 3.8) is 0 Å². The number of ether oxygens (including phenoxy) is 1. The van der Waals surface area contributed by atoms with Gasteiger partial charge >= 0.3 is 0 Å². The van der Waals surface area contributed by atoms with E-state index in [2.05, 4.69) is 30.0 Å². The Bertz CT molecular complexity index is 550. The number of para-hydroxylation sites is 1. The molecule has 0 amide bonds. The van der Waals surface area contributed by atoms with Crippen LogP contribution in [0.1, 0.15) is 5.56 Å². The van der Waals surface area contributed by atoms with Crippen molar-refractivity contribution in [3.8, 4) is 0 Å². The van der Waals surface area contributed by atoms with E-state index in [4.69, 9.17) is 16.3 Å². The molecule has 0 atom stereocenters. The third-order valence-electron chi connectivity index (χ3n) is 2.97. The Morgan fingerprint density at radius 1 is 1.32 bits per heavy atom. The lowest BCUT2D eigenvalue weighted by atomic mass is 10.2. The third kappa shape index (κ3) is 3.78. The molecule has 0 radical (unpaired) electrons. The molecule has 2 rings (SSSR count). The van der Waals surface area contributed by atoms with Crippen LogP contribution in [0.5, 0.6) is 0 Å². The number of hydrogen-bond donors (Lipinski definition) is 0. The summed E-state index contributed by atoms with van der Waals surface area (Å²) >= 11 is 5.95. The number of hydrogen-bond acceptors (Lipinski definition) is 3. The number of rotatable bonds is 6. The second-order valence-electron chi connectivity index (χ2n) is 5.86. The minimum atomic E-state index is -1.04. The van der Waals surface area contributed by atoms with Crippen molar-refractivity contribution in [2.24, 2.45) is 0 Å². The standard InChI is InChI=1S/C13H20ClN3OSi/c1-19(2,3)8-7-18-10-17-13-11(9-14)5-4-6-12(13)15-16-17/h4-6H,7-10H2,1-3H3. The van der Waals surface area contributed by atoms with Gasteiger partial charge in [-0.1, -0.05) is 37.0 Å². The van der Waals surface area contributed by atoms with Gasteiger partial charge in [0.25, 0.3) is 0 Å². The maximum atomic E-state index is 5.95. The second-order valence-corrected chi connectivity index (χ2v) is 11.7. The van der Waals surface area contributed by atoms with Crippen molar-refractivity contribution in [1.82, 2.24) is 15.0 Å². The average molecular weight is 298 g/mol. The summed E-state index contributed by atoms with van der Waals surface area (Å²) < 4.78 is 7.50. The van der Waals surface area contributed by atoms with Crippen molar-refractivity contribution in [2.45, 2.75) is 38.3 Å². The van der Waals surface area contributed by atoms with Crippen molar-refractivity contribution < 1.29 is 4.74 Å². The van der Waals surface area contributed by atoms with Gasteiger partial charge in [0, 0.05) is 20.6 Å². The lowest BCUT2D eigenvalue weighted by Crippen LogP contribution is -2.22. The van der Waals surface area contributed by atoms with Crippen LogP contribution in [0, 0.1) is 0 Å². The summed E-state index contributed by atoms with van der Waals surface area (Å²) in [5, 5.41) is 8.27. The third-order valence-corrected chi connectivity index (χ3v) is 4.96. The van der Waals surface area contributed by atoms with Crippen LogP contribution < -0.4 is 0 Å². The van der Waals surface area contributed by atoms with E-state index in [0.29, 0.717) is 12.6 Å². The summed E-state index contributed by atoms with van der Waals surface area (Å²) in [6.45, 7) is 8.24. The highest BCUT2D eigenvalue weighted by Crippen LogP contribution is 2.18. The Hall–Kier alpha value is -0.913. The molecular weight excluding hydrogens is 278 g/mol. The highest BCUT2D eigenvalue weighted by atomic mass is 35.5. The molecule has 0 unspecified atom stereocenters. The Morgan fingerprint density at radius 2 is 2.11 bits per heavy atom. The normalized spacial score (nSPS) is 12.2. The van der Waals surface area contributed by atoms with E-state index < -0.39 is 8.07 Å². The first-order valence-electron chi connectivity index (χ1n) is 6.46. The Labute approximate surface area is 119 Å². The van der Waals surface area contributed by atoms with Crippen LogP contribution in [0.2, 0.25) is 25.7 Å². The first-order valence-corrected chi connectivity index (χ1v) is 10.7. The predicted molar refractivity (Wildman–Crippen MR) is 81.2 cm³/mol. The molecule has 6 heteroatoms. The number of fused-ring (bicyclic) bond motifs is 1. The molecule has 0 saturated heterocycles. The molecule has 0 aliphatic carbocycles. The number of nitrogens with zero attached hydrogens (tertiary/aromatic N) is 3. The Balaban J connectivity index is 2.05. The number of alkyl halides is 1. The van der Waals surface area contributed by atoms with E-state index in [9.17, 15) is 0 Å². The highest BCUT2D eigenvalue weighted by Gasteiger charge is 2.13. The summed E-state index contributed by atoms with van der Waals surface area (Å²) in [5.41, 5.74) is 2.88. The molecule has 0 bridgehead atoms. The van der Waals surface area contributed by atoms with Crippen molar-refractivity contribution in [1.29, 1.82) is 0 Å². The van der Waals surface area contributed by atoms with Crippen LogP contribution in [0.3, 0.4) is 0 Å². The van der Waals surface area contributed by atoms with Crippen LogP contribution >= 0.6 is 11.6 Å². The van der Waals surface area contributed by atoms with Crippen molar-refractivity contribution in [2.75, 3.05) is 6.61 Å². The number of aromatic nitrogens is 3. The fourth-order valence-corrected chi connectivity index (χ4v) is 2.80. The molecule has 0 saturated carbocycles. The topological polar surface area (TPSA) is 39.9 Å². The molecule has 104 valence electrons. The van der Waals surface area contributed by atoms with E-state index in [1.54, 1.807) is 4.68 Å². The van der Waals surface area contributed by atoms with E-state index in [-0.39, 0.29) is 0 Å². The van der Waals surface area contributed by atoms with Gasteiger partial charge in [0.15, 0.2) is 0 Å². The van der Waals surface area contributed by atoms with Gasteiger partial charge in [0.1, 0.15) is 12.2 Å². The van der Waals surface area contributed by atoms with Crippen LogP contribution in [-0.4, -0.2) is 29.7 Å². The monoisotopic (exact) mass is 297 g/mol. The van der Waals surface area contributed by atoms with E-state index in [1.165, 1.54) is 0 Å². The number of halogens is 1. The van der Waals surface area contributed by atoms with Gasteiger partial charge in [-0.15, -0.1) is 16.7 Å². The molecular formula is C13H20ClN3OSi. The second kappa shape index (κ2) is 6.03. The van der Waals surface area contributed by atoms with E-state index in [0.717, 1.165) is 29.2 Å². The smallest absolute Gasteiger partial charge is 0.141 e. The molecule has 0 aliphatic heterocycles. The maximum absolute atomic E-state index is 5.95. The zero-order chi connectivity index (χ0) is 13.9. The quantitative estimate of drug-likeness (QED) is 0.465. The fourth-order valence-electron chi connectivity index (χ4n) is 1.83. The molecule has 1 aromatic carbocycles. The minimum absolute atomic E-state index is 0.439. The van der Waals surface area contributed by atoms with Gasteiger partial charge in [-0.3, -0.25) is 0 Å². The molecule has 19 heavy (non-hydrogen) atoms. The van der Waals surface area contributed by atoms with Gasteiger partial charge in [-0.25, -0.2) is 4.68 Å². The predicted octanol–water partition coefficient (Wildman–Crippen LogP) is 3.48. The zero-order valence-electron chi connectivity index (χ0n) is 11.7. The van der Waals surface area contributed by atoms with Crippen LogP contribution in [0.4, 0.5) is 0 Å². The lowest BCUT2D eigenvalue weighted by molar-refractivity contribution is 0.0802. The molecule has 0 spiro atoms. The van der Waals surface area contributed by atoms with E-state index in [1.807, 2.05) is 18.2 Å². The summed E-state index contributed by atoms with van der Waals surface area (Å²) in [6, 6.07) is 7.04. The Kier molecular flexibility index (Phi) is 4.60. The SMILES string of the molecule is C[Si](C)(C)CCOCn1nnc2cccc(CCl)c21. The summed E-state index contributed by atoms with van der Waals surface area (Å²) in [5.74, 6) is 0.458. The molecule has 0 aliphatic rings. The average Bonchev–Trinajstić information content (AvgIpc) is 2.77. The van der Waals surface area contributed by atoms with E-state index >= 15 is 0 Å². The molecule has 4 nitrogen and oxygen atoms in total. The molecule has 1 heterocycles. The Morgan fingerprint density at radius 3 is 2.79 bits per heavy atom. The summed E-state index contributed by atoms with van der Waals surface area (Å²) in [4.78, 5) is 0. The van der Waals surface area contributed by atoms with Gasteiger partial charge in [-0.2, -0.15) is 0 Å². The lowest BCUT2D eigenvalue weighted by Gasteiger charge is -2.15.